The van der Waals surface area contributed by atoms with E-state index in [2.05, 4.69) is 5.32 Å². The predicted molar refractivity (Wildman–Crippen MR) is 86.7 cm³/mol. The van der Waals surface area contributed by atoms with Gasteiger partial charge in [-0.15, -0.1) is 0 Å². The number of aliphatic hydroxyl groups is 1. The summed E-state index contributed by atoms with van der Waals surface area (Å²) in [5, 5.41) is 12.9. The molecule has 6 heteroatoms. The van der Waals surface area contributed by atoms with Gasteiger partial charge in [0.25, 0.3) is 5.91 Å². The maximum absolute atomic E-state index is 12.1. The van der Waals surface area contributed by atoms with E-state index in [0.717, 1.165) is 5.69 Å². The van der Waals surface area contributed by atoms with Crippen LogP contribution in [-0.4, -0.2) is 62.8 Å². The lowest BCUT2D eigenvalue weighted by molar-refractivity contribution is 0.0326. The highest BCUT2D eigenvalue weighted by Crippen LogP contribution is 2.22. The van der Waals surface area contributed by atoms with E-state index in [1.54, 1.807) is 19.1 Å². The van der Waals surface area contributed by atoms with Crippen LogP contribution in [0.15, 0.2) is 18.2 Å². The summed E-state index contributed by atoms with van der Waals surface area (Å²) in [5.74, 6) is -0.244. The van der Waals surface area contributed by atoms with Crippen molar-refractivity contribution in [3.8, 4) is 0 Å². The molecule has 0 saturated carbocycles. The SMILES string of the molecule is CN(C)CC(C)(O)CNC(=O)c1ccc(N(C)C)c(N)c1. The molecule has 1 unspecified atom stereocenters. The van der Waals surface area contributed by atoms with Crippen molar-refractivity contribution in [1.29, 1.82) is 0 Å². The van der Waals surface area contributed by atoms with Crippen LogP contribution in [0.25, 0.3) is 0 Å². The number of benzene rings is 1. The highest BCUT2D eigenvalue weighted by atomic mass is 16.3. The second-order valence-electron chi connectivity index (χ2n) is 6.09. The second-order valence-corrected chi connectivity index (χ2v) is 6.09. The lowest BCUT2D eigenvalue weighted by Gasteiger charge is -2.27. The standard InChI is InChI=1S/C15H26N4O2/c1-15(21,10-18(2)3)9-17-14(20)11-6-7-13(19(4)5)12(16)8-11/h6-8,21H,9-10,16H2,1-5H3,(H,17,20). The quantitative estimate of drug-likeness (QED) is 0.661. The van der Waals surface area contributed by atoms with Gasteiger partial charge in [0, 0.05) is 32.7 Å². The Labute approximate surface area is 126 Å². The van der Waals surface area contributed by atoms with Crippen LogP contribution in [0.1, 0.15) is 17.3 Å². The molecule has 0 heterocycles. The number of nitrogen functional groups attached to an aromatic ring is 1. The predicted octanol–water partition coefficient (Wildman–Crippen LogP) is 0.377. The average Bonchev–Trinajstić information content (AvgIpc) is 2.33. The molecule has 0 saturated heterocycles. The van der Waals surface area contributed by atoms with Crippen molar-refractivity contribution in [2.24, 2.45) is 0 Å². The summed E-state index contributed by atoms with van der Waals surface area (Å²) >= 11 is 0. The summed E-state index contributed by atoms with van der Waals surface area (Å²) in [7, 11) is 7.53. The molecule has 21 heavy (non-hydrogen) atoms. The first-order valence-corrected chi connectivity index (χ1v) is 6.84. The summed E-state index contributed by atoms with van der Waals surface area (Å²) in [5.41, 5.74) is 6.85. The molecule has 1 atom stereocenters. The molecule has 0 bridgehead atoms. The Morgan fingerprint density at radius 3 is 2.43 bits per heavy atom. The molecular weight excluding hydrogens is 268 g/mol. The molecule has 4 N–H and O–H groups in total. The molecule has 0 radical (unpaired) electrons. The van der Waals surface area contributed by atoms with Crippen molar-refractivity contribution in [1.82, 2.24) is 10.2 Å². The first kappa shape index (κ1) is 17.3. The van der Waals surface area contributed by atoms with E-state index in [4.69, 9.17) is 5.73 Å². The first-order chi connectivity index (χ1) is 9.62. The third kappa shape index (κ3) is 5.24. The van der Waals surface area contributed by atoms with E-state index in [0.29, 0.717) is 17.8 Å². The van der Waals surface area contributed by atoms with Gasteiger partial charge in [0.2, 0.25) is 0 Å². The van der Waals surface area contributed by atoms with Gasteiger partial charge in [-0.05, 0) is 39.2 Å². The van der Waals surface area contributed by atoms with Crippen LogP contribution >= 0.6 is 0 Å². The Bertz CT molecular complexity index is 498. The molecule has 6 nitrogen and oxygen atoms in total. The van der Waals surface area contributed by atoms with Gasteiger partial charge in [-0.3, -0.25) is 4.79 Å². The number of anilines is 2. The molecule has 0 aliphatic heterocycles. The van der Waals surface area contributed by atoms with Gasteiger partial charge in [0.1, 0.15) is 0 Å². The minimum absolute atomic E-state index is 0.180. The lowest BCUT2D eigenvalue weighted by atomic mass is 10.1. The van der Waals surface area contributed by atoms with E-state index >= 15 is 0 Å². The largest absolute Gasteiger partial charge is 0.397 e. The first-order valence-electron chi connectivity index (χ1n) is 6.84. The summed E-state index contributed by atoms with van der Waals surface area (Å²) < 4.78 is 0. The van der Waals surface area contributed by atoms with Gasteiger partial charge in [-0.1, -0.05) is 0 Å². The Hall–Kier alpha value is -1.79. The summed E-state index contributed by atoms with van der Waals surface area (Å²) in [6, 6.07) is 5.18. The van der Waals surface area contributed by atoms with Gasteiger partial charge in [0.15, 0.2) is 0 Å². The summed E-state index contributed by atoms with van der Waals surface area (Å²) in [6.07, 6.45) is 0. The fourth-order valence-corrected chi connectivity index (χ4v) is 2.21. The number of nitrogens with two attached hydrogens (primary N) is 1. The topological polar surface area (TPSA) is 81.8 Å². The monoisotopic (exact) mass is 294 g/mol. The van der Waals surface area contributed by atoms with Crippen LogP contribution in [0.3, 0.4) is 0 Å². The van der Waals surface area contributed by atoms with Crippen LogP contribution in [0, 0.1) is 0 Å². The van der Waals surface area contributed by atoms with E-state index in [1.165, 1.54) is 0 Å². The Balaban J connectivity index is 2.70. The molecule has 1 aromatic carbocycles. The van der Waals surface area contributed by atoms with Crippen molar-refractivity contribution >= 4 is 17.3 Å². The molecule has 1 aromatic rings. The zero-order valence-corrected chi connectivity index (χ0v) is 13.5. The third-order valence-electron chi connectivity index (χ3n) is 3.06. The van der Waals surface area contributed by atoms with Crippen LogP contribution in [0.5, 0.6) is 0 Å². The van der Waals surface area contributed by atoms with E-state index in [1.807, 2.05) is 44.1 Å². The number of nitrogens with one attached hydrogen (secondary N) is 1. The molecule has 1 amide bonds. The molecule has 0 spiro atoms. The van der Waals surface area contributed by atoms with Crippen molar-refractivity contribution < 1.29 is 9.90 Å². The Morgan fingerprint density at radius 1 is 1.33 bits per heavy atom. The molecule has 0 aromatic heterocycles. The van der Waals surface area contributed by atoms with Crippen molar-refractivity contribution in [2.75, 3.05) is 51.9 Å². The van der Waals surface area contributed by atoms with Crippen LogP contribution in [0.4, 0.5) is 11.4 Å². The van der Waals surface area contributed by atoms with Gasteiger partial charge in [0.05, 0.1) is 17.0 Å². The number of amides is 1. The number of rotatable bonds is 6. The zero-order chi connectivity index (χ0) is 16.2. The van der Waals surface area contributed by atoms with E-state index in [9.17, 15) is 9.90 Å². The van der Waals surface area contributed by atoms with Crippen molar-refractivity contribution in [3.05, 3.63) is 23.8 Å². The zero-order valence-electron chi connectivity index (χ0n) is 13.5. The van der Waals surface area contributed by atoms with E-state index in [-0.39, 0.29) is 12.5 Å². The van der Waals surface area contributed by atoms with Crippen molar-refractivity contribution in [3.63, 3.8) is 0 Å². The highest BCUT2D eigenvalue weighted by Gasteiger charge is 2.22. The smallest absolute Gasteiger partial charge is 0.251 e. The molecule has 118 valence electrons. The second kappa shape index (κ2) is 6.78. The maximum atomic E-state index is 12.1. The fraction of sp³-hybridized carbons (Fsp3) is 0.533. The third-order valence-corrected chi connectivity index (χ3v) is 3.06. The summed E-state index contributed by atoms with van der Waals surface area (Å²) in [4.78, 5) is 15.9. The lowest BCUT2D eigenvalue weighted by Crippen LogP contribution is -2.47. The normalized spacial score (nSPS) is 13.9. The van der Waals surface area contributed by atoms with E-state index < -0.39 is 5.60 Å². The minimum Gasteiger partial charge on any atom is -0.397 e. The van der Waals surface area contributed by atoms with Gasteiger partial charge in [-0.25, -0.2) is 0 Å². The molecule has 0 aliphatic rings. The van der Waals surface area contributed by atoms with Gasteiger partial charge in [-0.2, -0.15) is 0 Å². The maximum Gasteiger partial charge on any atom is 0.251 e. The van der Waals surface area contributed by atoms with Gasteiger partial charge >= 0.3 is 0 Å². The molecule has 1 rings (SSSR count). The fourth-order valence-electron chi connectivity index (χ4n) is 2.21. The van der Waals surface area contributed by atoms with Crippen molar-refractivity contribution in [2.45, 2.75) is 12.5 Å². The molecule has 0 aliphatic carbocycles. The molecule has 0 fully saturated rings. The molecular formula is C15H26N4O2. The number of hydrogen-bond acceptors (Lipinski definition) is 5. The van der Waals surface area contributed by atoms with Crippen LogP contribution < -0.4 is 16.0 Å². The number of nitrogens with zero attached hydrogens (tertiary/aromatic N) is 2. The average molecular weight is 294 g/mol. The minimum atomic E-state index is -0.978. The number of hydrogen-bond donors (Lipinski definition) is 3. The highest BCUT2D eigenvalue weighted by molar-refractivity contribution is 5.96. The number of carbonyl (C=O) groups is 1. The van der Waals surface area contributed by atoms with Gasteiger partial charge < -0.3 is 26.0 Å². The number of likely N-dealkylation sites (N-methyl/N-ethyl adjacent to an activating group) is 1. The summed E-state index contributed by atoms with van der Waals surface area (Å²) in [6.45, 7) is 2.34. The Kier molecular flexibility index (Phi) is 5.57. The Morgan fingerprint density at radius 2 is 1.95 bits per heavy atom. The van der Waals surface area contributed by atoms with Crippen LogP contribution in [-0.2, 0) is 0 Å². The number of carbonyl (C=O) groups excluding carboxylic acids is 1. The van der Waals surface area contributed by atoms with Crippen LogP contribution in [0.2, 0.25) is 0 Å².